The third-order valence-electron chi connectivity index (χ3n) is 3.85. The van der Waals surface area contributed by atoms with E-state index < -0.39 is 12.0 Å². The fraction of sp³-hybridized carbons (Fsp3) is 0.500. The summed E-state index contributed by atoms with van der Waals surface area (Å²) in [5.74, 6) is -0.792. The molecular formula is C16H22N2O3. The molecule has 0 saturated carbocycles. The highest BCUT2D eigenvalue weighted by Crippen LogP contribution is 2.15. The molecule has 0 aromatic heterocycles. The Labute approximate surface area is 124 Å². The maximum atomic E-state index is 12.0. The van der Waals surface area contributed by atoms with E-state index in [0.29, 0.717) is 18.8 Å². The fourth-order valence-electron chi connectivity index (χ4n) is 2.65. The summed E-state index contributed by atoms with van der Waals surface area (Å²) in [4.78, 5) is 23.3. The number of benzene rings is 1. The zero-order valence-electron chi connectivity index (χ0n) is 12.0. The average Bonchev–Trinajstić information content (AvgIpc) is 2.48. The molecule has 1 unspecified atom stereocenters. The molecule has 0 bridgehead atoms. The Kier molecular flexibility index (Phi) is 5.75. The number of carbonyl (C=O) groups excluding carboxylic acids is 1. The lowest BCUT2D eigenvalue weighted by Gasteiger charge is -2.23. The number of carbonyl (C=O) groups is 2. The molecule has 1 saturated heterocycles. The molecule has 1 aromatic rings. The Morgan fingerprint density at radius 2 is 1.90 bits per heavy atom. The van der Waals surface area contributed by atoms with Crippen molar-refractivity contribution in [3.05, 3.63) is 35.9 Å². The van der Waals surface area contributed by atoms with Gasteiger partial charge in [-0.25, -0.2) is 4.79 Å². The van der Waals surface area contributed by atoms with Gasteiger partial charge in [0.05, 0.1) is 0 Å². The number of hydrogen-bond acceptors (Lipinski definition) is 3. The van der Waals surface area contributed by atoms with Crippen molar-refractivity contribution in [2.24, 2.45) is 5.92 Å². The molecule has 1 atom stereocenters. The Balaban J connectivity index is 1.86. The summed E-state index contributed by atoms with van der Waals surface area (Å²) in [7, 11) is 0. The summed E-state index contributed by atoms with van der Waals surface area (Å²) in [5.41, 5.74) is 0.909. The van der Waals surface area contributed by atoms with E-state index >= 15 is 0 Å². The summed E-state index contributed by atoms with van der Waals surface area (Å²) in [6.07, 6.45) is 2.68. The first-order chi connectivity index (χ1) is 10.1. The number of carboxylic acids is 1. The van der Waals surface area contributed by atoms with Gasteiger partial charge in [0, 0.05) is 12.8 Å². The highest BCUT2D eigenvalue weighted by Gasteiger charge is 2.23. The fourth-order valence-corrected chi connectivity index (χ4v) is 2.65. The summed E-state index contributed by atoms with van der Waals surface area (Å²) in [5, 5.41) is 15.2. The van der Waals surface area contributed by atoms with E-state index in [1.807, 2.05) is 30.3 Å². The number of aliphatic carboxylic acids is 1. The van der Waals surface area contributed by atoms with Crippen LogP contribution in [0.5, 0.6) is 0 Å². The van der Waals surface area contributed by atoms with E-state index in [0.717, 1.165) is 31.5 Å². The van der Waals surface area contributed by atoms with Gasteiger partial charge in [-0.05, 0) is 37.4 Å². The predicted octanol–water partition coefficient (Wildman–Crippen LogP) is 1.19. The van der Waals surface area contributed by atoms with Crippen molar-refractivity contribution < 1.29 is 14.7 Å². The third-order valence-corrected chi connectivity index (χ3v) is 3.85. The van der Waals surface area contributed by atoms with Crippen molar-refractivity contribution in [1.82, 2.24) is 10.6 Å². The standard InChI is InChI=1S/C16H22N2O3/c19-15(11-13-6-8-17-9-7-13)18-14(16(20)21)10-12-4-2-1-3-5-12/h1-5,13-14,17H,6-11H2,(H,18,19)(H,20,21). The molecule has 1 aromatic carbocycles. The minimum absolute atomic E-state index is 0.162. The van der Waals surface area contributed by atoms with Crippen LogP contribution >= 0.6 is 0 Å². The molecule has 1 aliphatic rings. The molecule has 1 amide bonds. The summed E-state index contributed by atoms with van der Waals surface area (Å²) >= 11 is 0. The molecule has 1 aliphatic heterocycles. The van der Waals surface area contributed by atoms with Crippen molar-refractivity contribution in [2.45, 2.75) is 31.7 Å². The summed E-state index contributed by atoms with van der Waals surface area (Å²) in [6.45, 7) is 1.87. The van der Waals surface area contributed by atoms with Crippen LogP contribution in [0.1, 0.15) is 24.8 Å². The minimum Gasteiger partial charge on any atom is -0.480 e. The van der Waals surface area contributed by atoms with Gasteiger partial charge in [-0.3, -0.25) is 4.79 Å². The van der Waals surface area contributed by atoms with Gasteiger partial charge in [0.1, 0.15) is 6.04 Å². The first kappa shape index (κ1) is 15.5. The Morgan fingerprint density at radius 1 is 1.24 bits per heavy atom. The highest BCUT2D eigenvalue weighted by atomic mass is 16.4. The summed E-state index contributed by atoms with van der Waals surface area (Å²) in [6, 6.07) is 8.50. The van der Waals surface area contributed by atoms with E-state index in [1.54, 1.807) is 0 Å². The van der Waals surface area contributed by atoms with E-state index in [9.17, 15) is 14.7 Å². The maximum absolute atomic E-state index is 12.0. The molecule has 114 valence electrons. The van der Waals surface area contributed by atoms with Crippen LogP contribution in [0.3, 0.4) is 0 Å². The molecular weight excluding hydrogens is 268 g/mol. The van der Waals surface area contributed by atoms with Crippen LogP contribution in [0.25, 0.3) is 0 Å². The van der Waals surface area contributed by atoms with E-state index in [4.69, 9.17) is 0 Å². The first-order valence-electron chi connectivity index (χ1n) is 7.42. The van der Waals surface area contributed by atoms with E-state index in [2.05, 4.69) is 10.6 Å². The van der Waals surface area contributed by atoms with Gasteiger partial charge in [-0.2, -0.15) is 0 Å². The predicted molar refractivity (Wildman–Crippen MR) is 79.9 cm³/mol. The van der Waals surface area contributed by atoms with Gasteiger partial charge in [0.2, 0.25) is 5.91 Å². The largest absolute Gasteiger partial charge is 0.480 e. The number of rotatable bonds is 6. The molecule has 1 heterocycles. The zero-order chi connectivity index (χ0) is 15.1. The van der Waals surface area contributed by atoms with Crippen LogP contribution in [0.4, 0.5) is 0 Å². The van der Waals surface area contributed by atoms with Gasteiger partial charge >= 0.3 is 5.97 Å². The van der Waals surface area contributed by atoms with Crippen LogP contribution in [0.15, 0.2) is 30.3 Å². The van der Waals surface area contributed by atoms with E-state index in [-0.39, 0.29) is 5.91 Å². The van der Waals surface area contributed by atoms with Gasteiger partial charge < -0.3 is 15.7 Å². The van der Waals surface area contributed by atoms with Crippen molar-refractivity contribution in [1.29, 1.82) is 0 Å². The highest BCUT2D eigenvalue weighted by molar-refractivity contribution is 5.83. The smallest absolute Gasteiger partial charge is 0.326 e. The van der Waals surface area contributed by atoms with Gasteiger partial charge in [0.25, 0.3) is 0 Å². The van der Waals surface area contributed by atoms with Crippen LogP contribution in [0.2, 0.25) is 0 Å². The molecule has 21 heavy (non-hydrogen) atoms. The lowest BCUT2D eigenvalue weighted by atomic mass is 9.94. The van der Waals surface area contributed by atoms with Crippen LogP contribution in [-0.4, -0.2) is 36.1 Å². The van der Waals surface area contributed by atoms with Gasteiger partial charge in [-0.15, -0.1) is 0 Å². The Bertz CT molecular complexity index is 470. The van der Waals surface area contributed by atoms with Gasteiger partial charge in [-0.1, -0.05) is 30.3 Å². The Morgan fingerprint density at radius 3 is 2.52 bits per heavy atom. The molecule has 2 rings (SSSR count). The summed E-state index contributed by atoms with van der Waals surface area (Å²) < 4.78 is 0. The molecule has 3 N–H and O–H groups in total. The quantitative estimate of drug-likeness (QED) is 0.735. The number of amides is 1. The second-order valence-electron chi connectivity index (χ2n) is 5.55. The van der Waals surface area contributed by atoms with Crippen LogP contribution in [-0.2, 0) is 16.0 Å². The van der Waals surface area contributed by atoms with Crippen molar-refractivity contribution in [3.8, 4) is 0 Å². The lowest BCUT2D eigenvalue weighted by Crippen LogP contribution is -2.43. The Hall–Kier alpha value is -1.88. The molecule has 1 fully saturated rings. The van der Waals surface area contributed by atoms with Crippen molar-refractivity contribution in [2.75, 3.05) is 13.1 Å². The molecule has 5 heteroatoms. The normalized spacial score (nSPS) is 17.1. The van der Waals surface area contributed by atoms with Crippen molar-refractivity contribution >= 4 is 11.9 Å². The van der Waals surface area contributed by atoms with Crippen molar-refractivity contribution in [3.63, 3.8) is 0 Å². The van der Waals surface area contributed by atoms with Gasteiger partial charge in [0.15, 0.2) is 0 Å². The number of hydrogen-bond donors (Lipinski definition) is 3. The number of piperidine rings is 1. The SMILES string of the molecule is O=C(CC1CCNCC1)NC(Cc1ccccc1)C(=O)O. The molecule has 0 spiro atoms. The third kappa shape index (κ3) is 5.19. The molecule has 0 radical (unpaired) electrons. The monoisotopic (exact) mass is 290 g/mol. The number of nitrogens with one attached hydrogen (secondary N) is 2. The molecule has 5 nitrogen and oxygen atoms in total. The minimum atomic E-state index is -0.988. The average molecular weight is 290 g/mol. The molecule has 0 aliphatic carbocycles. The zero-order valence-corrected chi connectivity index (χ0v) is 12.0. The first-order valence-corrected chi connectivity index (χ1v) is 7.42. The lowest BCUT2D eigenvalue weighted by molar-refractivity contribution is -0.142. The second kappa shape index (κ2) is 7.78. The maximum Gasteiger partial charge on any atom is 0.326 e. The second-order valence-corrected chi connectivity index (χ2v) is 5.55. The topological polar surface area (TPSA) is 78.4 Å². The number of carboxylic acid groups (broad SMARTS) is 1. The van der Waals surface area contributed by atoms with Crippen LogP contribution in [0, 0.1) is 5.92 Å². The van der Waals surface area contributed by atoms with E-state index in [1.165, 1.54) is 0 Å². The van der Waals surface area contributed by atoms with Crippen LogP contribution < -0.4 is 10.6 Å².